The van der Waals surface area contributed by atoms with Crippen molar-refractivity contribution in [3.63, 3.8) is 0 Å². The van der Waals surface area contributed by atoms with Gasteiger partial charge in [-0.05, 0) is 23.8 Å². The minimum Gasteiger partial charge on any atom is -0.367 e. The first kappa shape index (κ1) is 15.5. The number of anilines is 1. The predicted molar refractivity (Wildman–Crippen MR) is 91.5 cm³/mol. The summed E-state index contributed by atoms with van der Waals surface area (Å²) in [4.78, 5) is 16.3. The summed E-state index contributed by atoms with van der Waals surface area (Å²) < 4.78 is 5.43. The van der Waals surface area contributed by atoms with Crippen LogP contribution >= 0.6 is 11.6 Å². The second-order valence-electron chi connectivity index (χ2n) is 5.01. The van der Waals surface area contributed by atoms with Crippen LogP contribution in [0.25, 0.3) is 10.9 Å². The van der Waals surface area contributed by atoms with E-state index in [-0.39, 0.29) is 12.5 Å². The number of ether oxygens (including phenoxy) is 1. The zero-order valence-corrected chi connectivity index (χ0v) is 13.1. The molecule has 1 amide bonds. The molecule has 5 heteroatoms. The van der Waals surface area contributed by atoms with Gasteiger partial charge in [0.2, 0.25) is 5.91 Å². The summed E-state index contributed by atoms with van der Waals surface area (Å²) in [5.74, 6) is -0.227. The van der Waals surface area contributed by atoms with E-state index in [4.69, 9.17) is 16.3 Å². The van der Waals surface area contributed by atoms with E-state index in [1.807, 2.05) is 48.5 Å². The average molecular weight is 327 g/mol. The van der Waals surface area contributed by atoms with Crippen molar-refractivity contribution >= 4 is 34.1 Å². The Morgan fingerprint density at radius 1 is 1.09 bits per heavy atom. The highest BCUT2D eigenvalue weighted by molar-refractivity contribution is 6.31. The van der Waals surface area contributed by atoms with E-state index in [0.29, 0.717) is 17.3 Å². The molecule has 2 aromatic carbocycles. The topological polar surface area (TPSA) is 51.2 Å². The predicted octanol–water partition coefficient (Wildman–Crippen LogP) is 4.04. The fraction of sp³-hybridized carbons (Fsp3) is 0.111. The van der Waals surface area contributed by atoms with Crippen LogP contribution in [0.15, 0.2) is 60.8 Å². The van der Waals surface area contributed by atoms with Crippen molar-refractivity contribution in [2.45, 2.75) is 6.61 Å². The summed E-state index contributed by atoms with van der Waals surface area (Å²) in [5, 5.41) is 4.43. The Kier molecular flexibility index (Phi) is 4.86. The SMILES string of the molecule is O=C(COCc1ccccc1Cl)Nc1cccc2cccnc12. The summed E-state index contributed by atoms with van der Waals surface area (Å²) in [7, 11) is 0. The van der Waals surface area contributed by atoms with E-state index in [1.54, 1.807) is 12.3 Å². The van der Waals surface area contributed by atoms with Gasteiger partial charge in [-0.25, -0.2) is 0 Å². The van der Waals surface area contributed by atoms with Gasteiger partial charge in [-0.1, -0.05) is 48.0 Å². The third-order valence-electron chi connectivity index (χ3n) is 3.36. The van der Waals surface area contributed by atoms with Crippen LogP contribution in [0.4, 0.5) is 5.69 Å². The van der Waals surface area contributed by atoms with Crippen LogP contribution in [0.2, 0.25) is 5.02 Å². The Morgan fingerprint density at radius 2 is 1.91 bits per heavy atom. The molecular weight excluding hydrogens is 312 g/mol. The van der Waals surface area contributed by atoms with Crippen molar-refractivity contribution in [1.29, 1.82) is 0 Å². The molecule has 0 unspecified atom stereocenters. The lowest BCUT2D eigenvalue weighted by Crippen LogP contribution is -2.18. The molecule has 3 aromatic rings. The van der Waals surface area contributed by atoms with Gasteiger partial charge in [0.25, 0.3) is 0 Å². The number of carbonyl (C=O) groups excluding carboxylic acids is 1. The molecule has 1 heterocycles. The first-order valence-corrected chi connectivity index (χ1v) is 7.56. The Balaban J connectivity index is 1.60. The number of carbonyl (C=O) groups is 1. The monoisotopic (exact) mass is 326 g/mol. The van der Waals surface area contributed by atoms with Gasteiger partial charge in [0.15, 0.2) is 0 Å². The molecule has 0 bridgehead atoms. The van der Waals surface area contributed by atoms with Gasteiger partial charge < -0.3 is 10.1 Å². The highest BCUT2D eigenvalue weighted by atomic mass is 35.5. The molecule has 0 atom stereocenters. The number of hydrogen-bond donors (Lipinski definition) is 1. The Bertz CT molecular complexity index is 831. The largest absolute Gasteiger partial charge is 0.367 e. The highest BCUT2D eigenvalue weighted by Crippen LogP contribution is 2.20. The fourth-order valence-electron chi connectivity index (χ4n) is 2.26. The van der Waals surface area contributed by atoms with Gasteiger partial charge in [-0.2, -0.15) is 0 Å². The van der Waals surface area contributed by atoms with Crippen LogP contribution in [0.1, 0.15) is 5.56 Å². The first-order chi connectivity index (χ1) is 11.2. The van der Waals surface area contributed by atoms with Crippen LogP contribution in [-0.2, 0) is 16.1 Å². The normalized spacial score (nSPS) is 10.7. The number of pyridine rings is 1. The maximum absolute atomic E-state index is 12.0. The summed E-state index contributed by atoms with van der Waals surface area (Å²) in [6, 6.07) is 16.9. The Morgan fingerprint density at radius 3 is 2.78 bits per heavy atom. The molecule has 3 rings (SSSR count). The van der Waals surface area contributed by atoms with E-state index in [0.717, 1.165) is 16.5 Å². The number of halogens is 1. The molecule has 23 heavy (non-hydrogen) atoms. The molecule has 0 radical (unpaired) electrons. The lowest BCUT2D eigenvalue weighted by atomic mass is 10.2. The van der Waals surface area contributed by atoms with Crippen molar-refractivity contribution in [2.24, 2.45) is 0 Å². The van der Waals surface area contributed by atoms with Crippen molar-refractivity contribution in [3.8, 4) is 0 Å². The van der Waals surface area contributed by atoms with Crippen LogP contribution < -0.4 is 5.32 Å². The quantitative estimate of drug-likeness (QED) is 0.769. The molecule has 4 nitrogen and oxygen atoms in total. The lowest BCUT2D eigenvalue weighted by Gasteiger charge is -2.09. The number of rotatable bonds is 5. The molecule has 0 aliphatic heterocycles. The third-order valence-corrected chi connectivity index (χ3v) is 3.72. The third kappa shape index (κ3) is 3.86. The first-order valence-electron chi connectivity index (χ1n) is 7.19. The van der Waals surface area contributed by atoms with E-state index >= 15 is 0 Å². The van der Waals surface area contributed by atoms with Crippen molar-refractivity contribution in [1.82, 2.24) is 4.98 Å². The fourth-order valence-corrected chi connectivity index (χ4v) is 2.45. The number of fused-ring (bicyclic) bond motifs is 1. The zero-order chi connectivity index (χ0) is 16.1. The number of nitrogens with one attached hydrogen (secondary N) is 1. The summed E-state index contributed by atoms with van der Waals surface area (Å²) in [6.45, 7) is 0.245. The van der Waals surface area contributed by atoms with E-state index in [9.17, 15) is 4.79 Å². The number of hydrogen-bond acceptors (Lipinski definition) is 3. The summed E-state index contributed by atoms with van der Waals surface area (Å²) in [6.07, 6.45) is 1.70. The smallest absolute Gasteiger partial charge is 0.250 e. The molecule has 1 aromatic heterocycles. The second-order valence-corrected chi connectivity index (χ2v) is 5.42. The highest BCUT2D eigenvalue weighted by Gasteiger charge is 2.07. The summed E-state index contributed by atoms with van der Waals surface area (Å²) >= 11 is 6.05. The van der Waals surface area contributed by atoms with Crippen LogP contribution in [0.5, 0.6) is 0 Å². The van der Waals surface area contributed by atoms with Gasteiger partial charge in [-0.15, -0.1) is 0 Å². The number of nitrogens with zero attached hydrogens (tertiary/aromatic N) is 1. The van der Waals surface area contributed by atoms with Gasteiger partial charge in [0.05, 0.1) is 17.8 Å². The molecule has 0 aliphatic rings. The average Bonchev–Trinajstić information content (AvgIpc) is 2.57. The summed E-state index contributed by atoms with van der Waals surface area (Å²) in [5.41, 5.74) is 2.29. The van der Waals surface area contributed by atoms with Gasteiger partial charge >= 0.3 is 0 Å². The number of benzene rings is 2. The minimum absolute atomic E-state index is 0.0472. The molecule has 0 saturated heterocycles. The molecular formula is C18H15ClN2O2. The van der Waals surface area contributed by atoms with Gasteiger partial charge in [0, 0.05) is 16.6 Å². The van der Waals surface area contributed by atoms with Crippen molar-refractivity contribution in [3.05, 3.63) is 71.4 Å². The van der Waals surface area contributed by atoms with Crippen LogP contribution in [0, 0.1) is 0 Å². The lowest BCUT2D eigenvalue weighted by molar-refractivity contribution is -0.121. The second kappa shape index (κ2) is 7.22. The molecule has 116 valence electrons. The maximum atomic E-state index is 12.0. The van der Waals surface area contributed by atoms with Crippen molar-refractivity contribution < 1.29 is 9.53 Å². The maximum Gasteiger partial charge on any atom is 0.250 e. The Labute approximate surface area is 139 Å². The zero-order valence-electron chi connectivity index (χ0n) is 12.3. The Hall–Kier alpha value is -2.43. The van der Waals surface area contributed by atoms with E-state index < -0.39 is 0 Å². The number of para-hydroxylation sites is 1. The minimum atomic E-state index is -0.227. The van der Waals surface area contributed by atoms with Crippen molar-refractivity contribution in [2.75, 3.05) is 11.9 Å². The van der Waals surface area contributed by atoms with E-state index in [2.05, 4.69) is 10.3 Å². The van der Waals surface area contributed by atoms with Gasteiger partial charge in [0.1, 0.15) is 6.61 Å². The molecule has 0 saturated carbocycles. The molecule has 0 aliphatic carbocycles. The molecule has 1 N–H and O–H groups in total. The van der Waals surface area contributed by atoms with Gasteiger partial charge in [-0.3, -0.25) is 9.78 Å². The number of aromatic nitrogens is 1. The molecule has 0 spiro atoms. The standard InChI is InChI=1S/C18H15ClN2O2/c19-15-8-2-1-5-14(15)11-23-12-17(22)21-16-9-3-6-13-7-4-10-20-18(13)16/h1-10H,11-12H2,(H,21,22). The van der Waals surface area contributed by atoms with E-state index in [1.165, 1.54) is 0 Å². The molecule has 0 fully saturated rings. The van der Waals surface area contributed by atoms with Crippen LogP contribution in [-0.4, -0.2) is 17.5 Å². The van der Waals surface area contributed by atoms with Crippen LogP contribution in [0.3, 0.4) is 0 Å². The number of amides is 1.